The van der Waals surface area contributed by atoms with Gasteiger partial charge in [-0.05, 0) is 48.4 Å². The lowest BCUT2D eigenvalue weighted by molar-refractivity contribution is 0.102. The SMILES string of the molecule is CCc1ccc(Nc2cnc(C(=O)Nc3ccc(Br)cc3)cn2)cc1. The van der Waals surface area contributed by atoms with Crippen molar-refractivity contribution < 1.29 is 4.79 Å². The third-order valence-electron chi connectivity index (χ3n) is 3.62. The molecule has 0 aliphatic heterocycles. The van der Waals surface area contributed by atoms with Crippen LogP contribution in [-0.4, -0.2) is 15.9 Å². The van der Waals surface area contributed by atoms with Crippen LogP contribution in [0.25, 0.3) is 0 Å². The molecule has 5 nitrogen and oxygen atoms in total. The first kappa shape index (κ1) is 17.1. The maximum Gasteiger partial charge on any atom is 0.275 e. The van der Waals surface area contributed by atoms with Gasteiger partial charge in [0.1, 0.15) is 11.5 Å². The molecule has 0 spiro atoms. The third-order valence-corrected chi connectivity index (χ3v) is 4.15. The molecule has 0 unspecified atom stereocenters. The molecule has 3 rings (SSSR count). The maximum absolute atomic E-state index is 12.2. The number of carbonyl (C=O) groups is 1. The van der Waals surface area contributed by atoms with E-state index in [1.165, 1.54) is 11.8 Å². The van der Waals surface area contributed by atoms with Crippen LogP contribution in [0.1, 0.15) is 23.0 Å². The molecule has 0 saturated carbocycles. The lowest BCUT2D eigenvalue weighted by Crippen LogP contribution is -2.14. The van der Waals surface area contributed by atoms with Gasteiger partial charge < -0.3 is 10.6 Å². The zero-order chi connectivity index (χ0) is 17.6. The molecule has 0 bridgehead atoms. The Hall–Kier alpha value is -2.73. The highest BCUT2D eigenvalue weighted by atomic mass is 79.9. The average Bonchev–Trinajstić information content (AvgIpc) is 2.65. The van der Waals surface area contributed by atoms with E-state index in [1.807, 2.05) is 36.4 Å². The number of halogens is 1. The van der Waals surface area contributed by atoms with E-state index in [4.69, 9.17) is 0 Å². The van der Waals surface area contributed by atoms with Gasteiger partial charge in [-0.25, -0.2) is 9.97 Å². The number of aryl methyl sites for hydroxylation is 1. The highest BCUT2D eigenvalue weighted by Gasteiger charge is 2.08. The zero-order valence-electron chi connectivity index (χ0n) is 13.7. The summed E-state index contributed by atoms with van der Waals surface area (Å²) in [4.78, 5) is 20.6. The Morgan fingerprint density at radius 1 is 0.960 bits per heavy atom. The molecule has 1 heterocycles. The zero-order valence-corrected chi connectivity index (χ0v) is 15.2. The molecule has 0 saturated heterocycles. The summed E-state index contributed by atoms with van der Waals surface area (Å²) >= 11 is 3.36. The third kappa shape index (κ3) is 4.64. The number of nitrogens with one attached hydrogen (secondary N) is 2. The van der Waals surface area contributed by atoms with Gasteiger partial charge in [-0.15, -0.1) is 0 Å². The van der Waals surface area contributed by atoms with Crippen LogP contribution < -0.4 is 10.6 Å². The van der Waals surface area contributed by atoms with E-state index in [-0.39, 0.29) is 11.6 Å². The van der Waals surface area contributed by atoms with E-state index in [1.54, 1.807) is 6.20 Å². The van der Waals surface area contributed by atoms with Crippen LogP contribution in [0.4, 0.5) is 17.2 Å². The number of amides is 1. The lowest BCUT2D eigenvalue weighted by Gasteiger charge is -2.07. The number of anilines is 3. The summed E-state index contributed by atoms with van der Waals surface area (Å²) < 4.78 is 0.952. The molecule has 1 amide bonds. The van der Waals surface area contributed by atoms with Crippen LogP contribution in [0.15, 0.2) is 65.4 Å². The Balaban J connectivity index is 1.64. The fraction of sp³-hybridized carbons (Fsp3) is 0.105. The normalized spacial score (nSPS) is 10.3. The first-order valence-corrected chi connectivity index (χ1v) is 8.68. The van der Waals surface area contributed by atoms with Crippen LogP contribution in [0, 0.1) is 0 Å². The van der Waals surface area contributed by atoms with Crippen LogP contribution in [0.3, 0.4) is 0 Å². The minimum atomic E-state index is -0.298. The second-order valence-electron chi connectivity index (χ2n) is 5.42. The Kier molecular flexibility index (Phi) is 5.40. The van der Waals surface area contributed by atoms with E-state index in [2.05, 4.69) is 55.6 Å². The molecule has 6 heteroatoms. The summed E-state index contributed by atoms with van der Waals surface area (Å²) in [5, 5.41) is 5.95. The van der Waals surface area contributed by atoms with Crippen LogP contribution in [0.2, 0.25) is 0 Å². The standard InChI is InChI=1S/C19H17BrN4O/c1-2-13-3-7-15(8-4-13)23-18-12-21-17(11-22-18)19(25)24-16-9-5-14(20)6-10-16/h3-12H,2H2,1H3,(H,22,23)(H,24,25). The Bertz CT molecular complexity index is 846. The fourth-order valence-corrected chi connectivity index (χ4v) is 2.47. The van der Waals surface area contributed by atoms with E-state index in [0.29, 0.717) is 11.5 Å². The van der Waals surface area contributed by atoms with Gasteiger partial charge in [0.25, 0.3) is 5.91 Å². The highest BCUT2D eigenvalue weighted by Crippen LogP contribution is 2.16. The minimum absolute atomic E-state index is 0.259. The van der Waals surface area contributed by atoms with Crippen molar-refractivity contribution in [3.63, 3.8) is 0 Å². The summed E-state index contributed by atoms with van der Waals surface area (Å²) in [5.74, 6) is 0.290. The van der Waals surface area contributed by atoms with Crippen molar-refractivity contribution in [2.45, 2.75) is 13.3 Å². The molecule has 3 aromatic rings. The van der Waals surface area contributed by atoms with Crippen molar-refractivity contribution in [3.05, 3.63) is 76.7 Å². The van der Waals surface area contributed by atoms with Crippen molar-refractivity contribution >= 4 is 39.0 Å². The molecule has 0 atom stereocenters. The molecule has 0 radical (unpaired) electrons. The van der Waals surface area contributed by atoms with Gasteiger partial charge in [-0.2, -0.15) is 0 Å². The lowest BCUT2D eigenvalue weighted by atomic mass is 10.1. The molecule has 0 fully saturated rings. The van der Waals surface area contributed by atoms with Gasteiger partial charge in [0.05, 0.1) is 12.4 Å². The predicted octanol–water partition coefficient (Wildman–Crippen LogP) is 4.80. The predicted molar refractivity (Wildman–Crippen MR) is 103 cm³/mol. The second-order valence-corrected chi connectivity index (χ2v) is 6.34. The molecule has 1 aromatic heterocycles. The Morgan fingerprint density at radius 3 is 2.24 bits per heavy atom. The summed E-state index contributed by atoms with van der Waals surface area (Å²) in [6, 6.07) is 15.5. The molecule has 2 aromatic carbocycles. The topological polar surface area (TPSA) is 66.9 Å². The number of benzene rings is 2. The summed E-state index contributed by atoms with van der Waals surface area (Å²) in [5.41, 5.74) is 3.16. The minimum Gasteiger partial charge on any atom is -0.339 e. The summed E-state index contributed by atoms with van der Waals surface area (Å²) in [6.07, 6.45) is 4.00. The first-order chi connectivity index (χ1) is 12.1. The van der Waals surface area contributed by atoms with Gasteiger partial charge in [-0.1, -0.05) is 35.0 Å². The van der Waals surface area contributed by atoms with E-state index >= 15 is 0 Å². The van der Waals surface area contributed by atoms with Crippen LogP contribution >= 0.6 is 15.9 Å². The number of carbonyl (C=O) groups excluding carboxylic acids is 1. The van der Waals surface area contributed by atoms with Gasteiger partial charge in [0, 0.05) is 15.8 Å². The van der Waals surface area contributed by atoms with Gasteiger partial charge in [0.15, 0.2) is 0 Å². The quantitative estimate of drug-likeness (QED) is 0.649. The largest absolute Gasteiger partial charge is 0.339 e. The van der Waals surface area contributed by atoms with Crippen molar-refractivity contribution in [1.82, 2.24) is 9.97 Å². The fourth-order valence-electron chi connectivity index (χ4n) is 2.21. The van der Waals surface area contributed by atoms with Gasteiger partial charge in [0.2, 0.25) is 0 Å². The van der Waals surface area contributed by atoms with Gasteiger partial charge in [-0.3, -0.25) is 4.79 Å². The van der Waals surface area contributed by atoms with E-state index < -0.39 is 0 Å². The Labute approximate surface area is 154 Å². The van der Waals surface area contributed by atoms with E-state index in [0.717, 1.165) is 16.6 Å². The number of hydrogen-bond acceptors (Lipinski definition) is 4. The maximum atomic E-state index is 12.2. The first-order valence-electron chi connectivity index (χ1n) is 7.89. The van der Waals surface area contributed by atoms with Gasteiger partial charge >= 0.3 is 0 Å². The van der Waals surface area contributed by atoms with Crippen LogP contribution in [0.5, 0.6) is 0 Å². The van der Waals surface area contributed by atoms with Crippen molar-refractivity contribution in [1.29, 1.82) is 0 Å². The molecule has 0 aliphatic carbocycles. The number of nitrogens with zero attached hydrogens (tertiary/aromatic N) is 2. The van der Waals surface area contributed by atoms with Crippen molar-refractivity contribution in [2.24, 2.45) is 0 Å². The summed E-state index contributed by atoms with van der Waals surface area (Å²) in [7, 11) is 0. The van der Waals surface area contributed by atoms with Crippen molar-refractivity contribution in [3.8, 4) is 0 Å². The van der Waals surface area contributed by atoms with E-state index in [9.17, 15) is 4.79 Å². The Morgan fingerprint density at radius 2 is 1.64 bits per heavy atom. The number of aromatic nitrogens is 2. The molecular formula is C19H17BrN4O. The molecular weight excluding hydrogens is 380 g/mol. The number of hydrogen-bond donors (Lipinski definition) is 2. The second kappa shape index (κ2) is 7.90. The average molecular weight is 397 g/mol. The van der Waals surface area contributed by atoms with Crippen LogP contribution in [-0.2, 0) is 6.42 Å². The molecule has 126 valence electrons. The highest BCUT2D eigenvalue weighted by molar-refractivity contribution is 9.10. The molecule has 0 aliphatic rings. The smallest absolute Gasteiger partial charge is 0.275 e. The monoisotopic (exact) mass is 396 g/mol. The molecule has 2 N–H and O–H groups in total. The summed E-state index contributed by atoms with van der Waals surface area (Å²) in [6.45, 7) is 2.12. The number of rotatable bonds is 5. The molecule has 25 heavy (non-hydrogen) atoms. The van der Waals surface area contributed by atoms with Crippen molar-refractivity contribution in [2.75, 3.05) is 10.6 Å².